The van der Waals surface area contributed by atoms with E-state index in [0.29, 0.717) is 19.7 Å². The number of nitrogens with zero attached hydrogens (tertiary/aromatic N) is 4. The fourth-order valence-corrected chi connectivity index (χ4v) is 5.24. The summed E-state index contributed by atoms with van der Waals surface area (Å²) >= 11 is 0. The van der Waals surface area contributed by atoms with Crippen molar-refractivity contribution in [3.63, 3.8) is 0 Å². The summed E-state index contributed by atoms with van der Waals surface area (Å²) in [5.41, 5.74) is 8.11. The normalized spacial score (nSPS) is 14.2. The first-order chi connectivity index (χ1) is 18.0. The van der Waals surface area contributed by atoms with Crippen molar-refractivity contribution in [3.05, 3.63) is 101 Å². The van der Waals surface area contributed by atoms with E-state index in [9.17, 15) is 4.39 Å². The van der Waals surface area contributed by atoms with Crippen LogP contribution in [0.5, 0.6) is 5.75 Å². The first-order valence-electron chi connectivity index (χ1n) is 12.5. The van der Waals surface area contributed by atoms with Crippen molar-refractivity contribution < 1.29 is 9.13 Å². The highest BCUT2D eigenvalue weighted by Gasteiger charge is 2.24. The van der Waals surface area contributed by atoms with Gasteiger partial charge in [-0.3, -0.25) is 0 Å². The number of aromatic amines is 1. The van der Waals surface area contributed by atoms with Gasteiger partial charge in [0.15, 0.2) is 0 Å². The molecule has 37 heavy (non-hydrogen) atoms. The van der Waals surface area contributed by atoms with Crippen molar-refractivity contribution >= 4 is 16.9 Å². The van der Waals surface area contributed by atoms with Crippen LogP contribution in [0.3, 0.4) is 0 Å². The number of H-pyrrole nitrogens is 1. The molecule has 1 N–H and O–H groups in total. The number of imidazole rings is 1. The molecule has 0 spiro atoms. The van der Waals surface area contributed by atoms with Gasteiger partial charge < -0.3 is 14.6 Å². The predicted octanol–water partition coefficient (Wildman–Crippen LogP) is 6.33. The minimum Gasteiger partial charge on any atom is -0.491 e. The number of nitrogens with one attached hydrogen (secondary N) is 1. The lowest BCUT2D eigenvalue weighted by Gasteiger charge is -2.27. The van der Waals surface area contributed by atoms with E-state index in [1.54, 1.807) is 18.5 Å². The molecule has 3 heterocycles. The smallest absolute Gasteiger partial charge is 0.136 e. The molecule has 1 aliphatic rings. The lowest BCUT2D eigenvalue weighted by atomic mass is 9.91. The fourth-order valence-electron chi connectivity index (χ4n) is 5.24. The third-order valence-corrected chi connectivity index (χ3v) is 7.12. The molecule has 6 nitrogen and oxygen atoms in total. The van der Waals surface area contributed by atoms with E-state index in [1.165, 1.54) is 6.07 Å². The Hall–Kier alpha value is -4.26. The van der Waals surface area contributed by atoms with Crippen LogP contribution in [0.4, 0.5) is 10.2 Å². The Morgan fingerprint density at radius 2 is 1.84 bits per heavy atom. The van der Waals surface area contributed by atoms with Crippen LogP contribution in [-0.4, -0.2) is 33.1 Å². The van der Waals surface area contributed by atoms with Crippen LogP contribution in [0.25, 0.3) is 22.2 Å². The summed E-state index contributed by atoms with van der Waals surface area (Å²) in [7, 11) is 0. The number of ether oxygens (including phenoxy) is 1. The second kappa shape index (κ2) is 9.32. The summed E-state index contributed by atoms with van der Waals surface area (Å²) in [6.45, 7) is 7.91. The molecule has 2 aromatic heterocycles. The van der Waals surface area contributed by atoms with Crippen LogP contribution in [0.2, 0.25) is 0 Å². The largest absolute Gasteiger partial charge is 0.491 e. The second-order valence-electron chi connectivity index (χ2n) is 9.62. The van der Waals surface area contributed by atoms with Gasteiger partial charge in [-0.05, 0) is 66.9 Å². The molecule has 5 aromatic rings. The van der Waals surface area contributed by atoms with Crippen molar-refractivity contribution in [1.82, 2.24) is 19.9 Å². The maximum atomic E-state index is 14.0. The van der Waals surface area contributed by atoms with Crippen LogP contribution in [-0.2, 0) is 6.54 Å². The molecule has 3 aromatic carbocycles. The molecular weight excluding hydrogens is 465 g/mol. The lowest BCUT2D eigenvalue weighted by Crippen LogP contribution is -2.28. The number of benzene rings is 3. The Morgan fingerprint density at radius 1 is 1.00 bits per heavy atom. The predicted molar refractivity (Wildman–Crippen MR) is 143 cm³/mol. The molecule has 0 fully saturated rings. The average Bonchev–Trinajstić information content (AvgIpc) is 3.13. The van der Waals surface area contributed by atoms with Crippen LogP contribution in [0.15, 0.2) is 67.0 Å². The molecule has 1 atom stereocenters. The van der Waals surface area contributed by atoms with Crippen LogP contribution in [0.1, 0.15) is 41.1 Å². The number of anilines is 1. The SMILES string of the molecule is Cc1nc2ccc(-c3ccc4c(c3)CN(c3ncnc(C)c3C(C)c3cccc(F)c3)CCO4)cc2[nH]1. The summed E-state index contributed by atoms with van der Waals surface area (Å²) in [6.07, 6.45) is 1.61. The van der Waals surface area contributed by atoms with Gasteiger partial charge in [0, 0.05) is 29.3 Å². The molecular formula is C30H28FN5O. The Balaban J connectivity index is 1.37. The number of hydrogen-bond donors (Lipinski definition) is 1. The molecule has 0 amide bonds. The standard InChI is InChI=1S/C30H28FN5O/c1-18(21-5-4-6-25(31)14-21)29-19(2)32-17-33-30(29)36-11-12-37-28-10-8-22(13-24(28)16-36)23-7-9-26-27(15-23)35-20(3)34-26/h4-10,13-15,17-18H,11-12,16H2,1-3H3,(H,34,35). The van der Waals surface area contributed by atoms with Crippen molar-refractivity contribution in [2.75, 3.05) is 18.1 Å². The van der Waals surface area contributed by atoms with Gasteiger partial charge in [-0.2, -0.15) is 0 Å². The highest BCUT2D eigenvalue weighted by atomic mass is 19.1. The summed E-state index contributed by atoms with van der Waals surface area (Å²) in [5, 5.41) is 0. The van der Waals surface area contributed by atoms with E-state index in [1.807, 2.05) is 26.0 Å². The van der Waals surface area contributed by atoms with Crippen molar-refractivity contribution in [1.29, 1.82) is 0 Å². The van der Waals surface area contributed by atoms with Gasteiger partial charge in [-0.15, -0.1) is 0 Å². The van der Waals surface area contributed by atoms with Crippen LogP contribution < -0.4 is 9.64 Å². The van der Waals surface area contributed by atoms with Gasteiger partial charge in [0.25, 0.3) is 0 Å². The van der Waals surface area contributed by atoms with E-state index in [4.69, 9.17) is 9.72 Å². The first-order valence-corrected chi connectivity index (χ1v) is 12.5. The Kier molecular flexibility index (Phi) is 5.83. The number of fused-ring (bicyclic) bond motifs is 2. The fraction of sp³-hybridized carbons (Fsp3) is 0.233. The molecule has 186 valence electrons. The number of rotatable bonds is 4. The lowest BCUT2D eigenvalue weighted by molar-refractivity contribution is 0.331. The van der Waals surface area contributed by atoms with Gasteiger partial charge in [0.1, 0.15) is 36.1 Å². The van der Waals surface area contributed by atoms with E-state index in [-0.39, 0.29) is 11.7 Å². The summed E-state index contributed by atoms with van der Waals surface area (Å²) < 4.78 is 20.2. The topological polar surface area (TPSA) is 66.9 Å². The summed E-state index contributed by atoms with van der Waals surface area (Å²) in [5.74, 6) is 2.34. The van der Waals surface area contributed by atoms with Gasteiger partial charge in [0.2, 0.25) is 0 Å². The van der Waals surface area contributed by atoms with E-state index < -0.39 is 0 Å². The quantitative estimate of drug-likeness (QED) is 0.317. The molecule has 0 saturated heterocycles. The Bertz CT molecular complexity index is 1610. The van der Waals surface area contributed by atoms with Gasteiger partial charge in [-0.25, -0.2) is 19.3 Å². The molecule has 0 bridgehead atoms. The monoisotopic (exact) mass is 493 g/mol. The zero-order valence-electron chi connectivity index (χ0n) is 21.1. The molecule has 0 saturated carbocycles. The van der Waals surface area contributed by atoms with E-state index in [0.717, 1.165) is 61.9 Å². The van der Waals surface area contributed by atoms with Crippen LogP contribution >= 0.6 is 0 Å². The summed E-state index contributed by atoms with van der Waals surface area (Å²) in [6, 6.07) is 19.4. The van der Waals surface area contributed by atoms with Crippen LogP contribution in [0, 0.1) is 19.7 Å². The second-order valence-corrected chi connectivity index (χ2v) is 9.62. The molecule has 1 unspecified atom stereocenters. The zero-order chi connectivity index (χ0) is 25.5. The van der Waals surface area contributed by atoms with Crippen molar-refractivity contribution in [2.45, 2.75) is 33.2 Å². The average molecular weight is 494 g/mol. The minimum absolute atomic E-state index is 0.0635. The first kappa shape index (κ1) is 23.2. The molecule has 6 rings (SSSR count). The highest BCUT2D eigenvalue weighted by Crippen LogP contribution is 2.36. The summed E-state index contributed by atoms with van der Waals surface area (Å²) in [4.78, 5) is 19.3. The molecule has 1 aliphatic heterocycles. The van der Waals surface area contributed by atoms with Gasteiger partial charge in [-0.1, -0.05) is 31.2 Å². The number of hydrogen-bond acceptors (Lipinski definition) is 5. The number of halogens is 1. The van der Waals surface area contributed by atoms with E-state index in [2.05, 4.69) is 57.1 Å². The molecule has 7 heteroatoms. The molecule has 0 aliphatic carbocycles. The Labute approximate surface area is 215 Å². The minimum atomic E-state index is -0.242. The maximum absolute atomic E-state index is 14.0. The maximum Gasteiger partial charge on any atom is 0.136 e. The number of aryl methyl sites for hydroxylation is 2. The van der Waals surface area contributed by atoms with E-state index >= 15 is 0 Å². The Morgan fingerprint density at radius 3 is 2.70 bits per heavy atom. The highest BCUT2D eigenvalue weighted by molar-refractivity contribution is 5.82. The third kappa shape index (κ3) is 4.42. The van der Waals surface area contributed by atoms with Crippen molar-refractivity contribution in [3.8, 4) is 16.9 Å². The third-order valence-electron chi connectivity index (χ3n) is 7.12. The number of aromatic nitrogens is 4. The zero-order valence-corrected chi connectivity index (χ0v) is 21.1. The van der Waals surface area contributed by atoms with Crippen molar-refractivity contribution in [2.24, 2.45) is 0 Å². The molecule has 0 radical (unpaired) electrons. The van der Waals surface area contributed by atoms with Gasteiger partial charge >= 0.3 is 0 Å². The van der Waals surface area contributed by atoms with Gasteiger partial charge in [0.05, 0.1) is 17.6 Å².